The van der Waals surface area contributed by atoms with E-state index in [0.717, 1.165) is 55.9 Å². The lowest BCUT2D eigenvalue weighted by molar-refractivity contribution is -0.136. The zero-order chi connectivity index (χ0) is 14.7. The van der Waals surface area contributed by atoms with Gasteiger partial charge >= 0.3 is 0 Å². The minimum Gasteiger partial charge on any atom is -0.339 e. The first-order chi connectivity index (χ1) is 10.2. The van der Waals surface area contributed by atoms with Crippen molar-refractivity contribution in [2.75, 3.05) is 31.1 Å². The minimum absolute atomic E-state index is 0.186. The Labute approximate surface area is 133 Å². The maximum Gasteiger partial charge on any atom is 0.226 e. The van der Waals surface area contributed by atoms with Crippen LogP contribution in [0.3, 0.4) is 0 Å². The van der Waals surface area contributed by atoms with Crippen LogP contribution in [0.5, 0.6) is 0 Å². The van der Waals surface area contributed by atoms with Crippen LogP contribution in [0.1, 0.15) is 19.3 Å². The monoisotopic (exact) mass is 350 g/mol. The van der Waals surface area contributed by atoms with Gasteiger partial charge in [0, 0.05) is 44.5 Å². The number of hydrogen-bond donors (Lipinski definition) is 0. The highest BCUT2D eigenvalue weighted by Gasteiger charge is 2.27. The summed E-state index contributed by atoms with van der Waals surface area (Å²) < 4.78 is 0.880. The summed E-state index contributed by atoms with van der Waals surface area (Å²) in [7, 11) is 0. The average Bonchev–Trinajstić information content (AvgIpc) is 2.56. The highest BCUT2D eigenvalue weighted by Crippen LogP contribution is 2.22. The summed E-state index contributed by atoms with van der Waals surface area (Å²) in [5, 5.41) is 0. The molecule has 6 heteroatoms. The van der Waals surface area contributed by atoms with Gasteiger partial charge in [0.05, 0.1) is 4.47 Å². The number of allylic oxidation sites excluding steroid dienone is 2. The number of rotatable bonds is 2. The molecule has 1 fully saturated rings. The molecule has 5 nitrogen and oxygen atoms in total. The number of piperazine rings is 1. The molecule has 1 amide bonds. The Hall–Kier alpha value is -1.43. The summed E-state index contributed by atoms with van der Waals surface area (Å²) in [5.74, 6) is 1.24. The number of aromatic nitrogens is 2. The Bertz CT molecular complexity index is 523. The highest BCUT2D eigenvalue weighted by atomic mass is 79.9. The minimum atomic E-state index is 0.186. The fraction of sp³-hybridized carbons (Fsp3) is 0.533. The molecule has 1 aliphatic carbocycles. The molecule has 1 saturated heterocycles. The van der Waals surface area contributed by atoms with Gasteiger partial charge in [-0.2, -0.15) is 0 Å². The van der Waals surface area contributed by atoms with Crippen LogP contribution >= 0.6 is 15.9 Å². The van der Waals surface area contributed by atoms with Crippen molar-refractivity contribution < 1.29 is 4.79 Å². The van der Waals surface area contributed by atoms with Crippen molar-refractivity contribution in [3.8, 4) is 0 Å². The molecule has 0 N–H and O–H groups in total. The molecule has 2 aliphatic rings. The van der Waals surface area contributed by atoms with Crippen molar-refractivity contribution in [1.82, 2.24) is 14.9 Å². The quantitative estimate of drug-likeness (QED) is 0.767. The van der Waals surface area contributed by atoms with Crippen LogP contribution in [0.4, 0.5) is 5.95 Å². The molecule has 0 radical (unpaired) electrons. The van der Waals surface area contributed by atoms with E-state index in [1.54, 1.807) is 12.4 Å². The van der Waals surface area contributed by atoms with E-state index in [1.165, 1.54) is 0 Å². The molecule has 3 rings (SSSR count). The number of amides is 1. The predicted molar refractivity (Wildman–Crippen MR) is 85.0 cm³/mol. The van der Waals surface area contributed by atoms with Crippen LogP contribution in [0.15, 0.2) is 29.0 Å². The molecule has 1 aromatic rings. The Kier molecular flexibility index (Phi) is 4.53. The summed E-state index contributed by atoms with van der Waals surface area (Å²) in [4.78, 5) is 25.2. The molecule has 1 aromatic heterocycles. The summed E-state index contributed by atoms with van der Waals surface area (Å²) in [6, 6.07) is 0. The number of halogens is 1. The molecule has 21 heavy (non-hydrogen) atoms. The molecular weight excluding hydrogens is 332 g/mol. The van der Waals surface area contributed by atoms with E-state index in [2.05, 4.69) is 42.9 Å². The zero-order valence-electron chi connectivity index (χ0n) is 11.9. The summed E-state index contributed by atoms with van der Waals surface area (Å²) >= 11 is 3.34. The van der Waals surface area contributed by atoms with Crippen LogP contribution in [0.2, 0.25) is 0 Å². The first-order valence-electron chi connectivity index (χ1n) is 7.40. The number of nitrogens with zero attached hydrogens (tertiary/aromatic N) is 4. The van der Waals surface area contributed by atoms with Gasteiger partial charge < -0.3 is 9.80 Å². The fourth-order valence-corrected chi connectivity index (χ4v) is 3.08. The van der Waals surface area contributed by atoms with Gasteiger partial charge in [0.2, 0.25) is 11.9 Å². The van der Waals surface area contributed by atoms with Crippen molar-refractivity contribution in [3.63, 3.8) is 0 Å². The van der Waals surface area contributed by atoms with Crippen molar-refractivity contribution in [2.45, 2.75) is 19.3 Å². The Balaban J connectivity index is 1.56. The first kappa shape index (κ1) is 14.5. The molecule has 0 saturated carbocycles. The highest BCUT2D eigenvalue weighted by molar-refractivity contribution is 9.10. The number of carbonyl (C=O) groups is 1. The zero-order valence-corrected chi connectivity index (χ0v) is 13.5. The molecule has 0 aromatic carbocycles. The van der Waals surface area contributed by atoms with Crippen LogP contribution < -0.4 is 4.90 Å². The molecule has 1 atom stereocenters. The van der Waals surface area contributed by atoms with E-state index >= 15 is 0 Å². The van der Waals surface area contributed by atoms with Crippen LogP contribution in [-0.2, 0) is 4.79 Å². The van der Waals surface area contributed by atoms with Gasteiger partial charge in [0.15, 0.2) is 0 Å². The van der Waals surface area contributed by atoms with Gasteiger partial charge in [-0.05, 0) is 35.2 Å². The van der Waals surface area contributed by atoms with Crippen LogP contribution in [0.25, 0.3) is 0 Å². The van der Waals surface area contributed by atoms with E-state index < -0.39 is 0 Å². The Morgan fingerprint density at radius 1 is 1.14 bits per heavy atom. The van der Waals surface area contributed by atoms with Crippen LogP contribution in [0, 0.1) is 5.92 Å². The van der Waals surface area contributed by atoms with Crippen molar-refractivity contribution in [2.24, 2.45) is 5.92 Å². The van der Waals surface area contributed by atoms with Crippen molar-refractivity contribution in [3.05, 3.63) is 29.0 Å². The van der Waals surface area contributed by atoms with Gasteiger partial charge in [-0.1, -0.05) is 12.2 Å². The SMILES string of the molecule is O=C([C@H]1CC=CCC1)N1CCN(c2ncc(Br)cn2)CC1. The van der Waals surface area contributed by atoms with E-state index in [4.69, 9.17) is 0 Å². The second-order valence-electron chi connectivity index (χ2n) is 5.49. The molecule has 0 unspecified atom stereocenters. The first-order valence-corrected chi connectivity index (χ1v) is 8.19. The van der Waals surface area contributed by atoms with Gasteiger partial charge in [-0.25, -0.2) is 9.97 Å². The lowest BCUT2D eigenvalue weighted by atomic mass is 9.93. The summed E-state index contributed by atoms with van der Waals surface area (Å²) in [6.45, 7) is 3.13. The molecule has 1 aliphatic heterocycles. The predicted octanol–water partition coefficient (Wildman–Crippen LogP) is 2.24. The number of hydrogen-bond acceptors (Lipinski definition) is 4. The smallest absolute Gasteiger partial charge is 0.226 e. The third-order valence-corrected chi connectivity index (χ3v) is 4.51. The van der Waals surface area contributed by atoms with Gasteiger partial charge in [0.25, 0.3) is 0 Å². The Morgan fingerprint density at radius 3 is 2.48 bits per heavy atom. The third kappa shape index (κ3) is 3.43. The van der Waals surface area contributed by atoms with Crippen molar-refractivity contribution in [1.29, 1.82) is 0 Å². The second kappa shape index (κ2) is 6.56. The molecule has 112 valence electrons. The summed E-state index contributed by atoms with van der Waals surface area (Å²) in [5.41, 5.74) is 0. The fourth-order valence-electron chi connectivity index (χ4n) is 2.87. The third-order valence-electron chi connectivity index (χ3n) is 4.10. The van der Waals surface area contributed by atoms with Crippen LogP contribution in [-0.4, -0.2) is 47.0 Å². The lowest BCUT2D eigenvalue weighted by Crippen LogP contribution is -2.50. The maximum atomic E-state index is 12.5. The normalized spacial score (nSPS) is 22.4. The van der Waals surface area contributed by atoms with Gasteiger partial charge in [-0.3, -0.25) is 4.79 Å². The van der Waals surface area contributed by atoms with Gasteiger partial charge in [0.1, 0.15) is 0 Å². The molecular formula is C15H19BrN4O. The summed E-state index contributed by atoms with van der Waals surface area (Å²) in [6.07, 6.45) is 10.7. The number of anilines is 1. The second-order valence-corrected chi connectivity index (χ2v) is 6.41. The van der Waals surface area contributed by atoms with E-state index in [0.29, 0.717) is 5.91 Å². The molecule has 0 spiro atoms. The lowest BCUT2D eigenvalue weighted by Gasteiger charge is -2.36. The molecule has 0 bridgehead atoms. The Morgan fingerprint density at radius 2 is 1.86 bits per heavy atom. The van der Waals surface area contributed by atoms with E-state index in [9.17, 15) is 4.79 Å². The van der Waals surface area contributed by atoms with Gasteiger partial charge in [-0.15, -0.1) is 0 Å². The standard InChI is InChI=1S/C15H19BrN4O/c16-13-10-17-15(18-11-13)20-8-6-19(7-9-20)14(21)12-4-2-1-3-5-12/h1-2,10-12H,3-9H2/t12-/m0/s1. The van der Waals surface area contributed by atoms with Crippen molar-refractivity contribution >= 4 is 27.8 Å². The van der Waals surface area contributed by atoms with E-state index in [-0.39, 0.29) is 5.92 Å². The molecule has 2 heterocycles. The van der Waals surface area contributed by atoms with E-state index in [1.807, 2.05) is 4.90 Å². The largest absolute Gasteiger partial charge is 0.339 e. The topological polar surface area (TPSA) is 49.3 Å². The maximum absolute atomic E-state index is 12.5. The average molecular weight is 351 g/mol. The number of carbonyl (C=O) groups excluding carboxylic acids is 1.